The van der Waals surface area contributed by atoms with E-state index >= 15 is 0 Å². The predicted octanol–water partition coefficient (Wildman–Crippen LogP) is 1.54. The molecule has 10 heavy (non-hydrogen) atoms. The fourth-order valence-corrected chi connectivity index (χ4v) is 0.318. The van der Waals surface area contributed by atoms with Gasteiger partial charge in [-0.2, -0.15) is 0 Å². The molecule has 0 radical (unpaired) electrons. The van der Waals surface area contributed by atoms with Crippen molar-refractivity contribution in [2.75, 3.05) is 6.61 Å². The number of allylic oxidation sites excluding steroid dienone is 2. The van der Waals surface area contributed by atoms with Crippen molar-refractivity contribution in [1.29, 1.82) is 0 Å². The van der Waals surface area contributed by atoms with Gasteiger partial charge in [0.05, 0.1) is 0 Å². The van der Waals surface area contributed by atoms with E-state index in [1.807, 2.05) is 6.08 Å². The molecule has 0 aliphatic carbocycles. The van der Waals surface area contributed by atoms with E-state index in [4.69, 9.17) is 5.11 Å². The SMILES string of the molecule is CCC/C=C/C=O.CCO. The number of unbranched alkanes of at least 4 members (excludes halogenated alkanes) is 1. The molecule has 0 amide bonds. The van der Waals surface area contributed by atoms with Crippen LogP contribution in [0.15, 0.2) is 12.2 Å². The molecule has 0 fully saturated rings. The van der Waals surface area contributed by atoms with Gasteiger partial charge in [0, 0.05) is 6.61 Å². The monoisotopic (exact) mass is 144 g/mol. The van der Waals surface area contributed by atoms with Gasteiger partial charge in [-0.3, -0.25) is 4.79 Å². The first kappa shape index (κ1) is 12.1. The largest absolute Gasteiger partial charge is 0.397 e. The number of rotatable bonds is 3. The van der Waals surface area contributed by atoms with Crippen LogP contribution in [0.5, 0.6) is 0 Å². The van der Waals surface area contributed by atoms with Crippen LogP contribution in [0, 0.1) is 0 Å². The fourth-order valence-electron chi connectivity index (χ4n) is 0.318. The van der Waals surface area contributed by atoms with Crippen molar-refractivity contribution >= 4 is 6.29 Å². The van der Waals surface area contributed by atoms with Crippen LogP contribution >= 0.6 is 0 Å². The Bertz CT molecular complexity index is 77.3. The van der Waals surface area contributed by atoms with Gasteiger partial charge in [-0.25, -0.2) is 0 Å². The zero-order valence-electron chi connectivity index (χ0n) is 6.71. The van der Waals surface area contributed by atoms with Crippen molar-refractivity contribution < 1.29 is 9.90 Å². The molecule has 0 rings (SSSR count). The van der Waals surface area contributed by atoms with E-state index in [1.54, 1.807) is 6.92 Å². The van der Waals surface area contributed by atoms with Crippen molar-refractivity contribution in [3.05, 3.63) is 12.2 Å². The zero-order chi connectivity index (χ0) is 8.24. The maximum absolute atomic E-state index is 9.59. The normalized spacial score (nSPS) is 8.70. The highest BCUT2D eigenvalue weighted by Crippen LogP contribution is 1.85. The van der Waals surface area contributed by atoms with Crippen molar-refractivity contribution in [3.8, 4) is 0 Å². The average molecular weight is 144 g/mol. The van der Waals surface area contributed by atoms with Crippen LogP contribution in [-0.4, -0.2) is 18.0 Å². The van der Waals surface area contributed by atoms with E-state index in [-0.39, 0.29) is 6.61 Å². The lowest BCUT2D eigenvalue weighted by Crippen LogP contribution is -1.61. The number of aliphatic hydroxyl groups is 1. The van der Waals surface area contributed by atoms with Crippen LogP contribution in [0.25, 0.3) is 0 Å². The third kappa shape index (κ3) is 26.3. The molecule has 0 saturated carbocycles. The topological polar surface area (TPSA) is 37.3 Å². The van der Waals surface area contributed by atoms with Crippen LogP contribution in [0.2, 0.25) is 0 Å². The Morgan fingerprint density at radius 2 is 1.90 bits per heavy atom. The lowest BCUT2D eigenvalue weighted by atomic mass is 10.3. The summed E-state index contributed by atoms with van der Waals surface area (Å²) < 4.78 is 0. The number of aliphatic hydroxyl groups excluding tert-OH is 1. The molecular weight excluding hydrogens is 128 g/mol. The molecule has 0 unspecified atom stereocenters. The Balaban J connectivity index is 0. The van der Waals surface area contributed by atoms with Gasteiger partial charge >= 0.3 is 0 Å². The highest BCUT2D eigenvalue weighted by Gasteiger charge is 1.67. The Labute approximate surface area is 62.6 Å². The molecular formula is C8H16O2. The molecule has 0 saturated heterocycles. The second-order valence-corrected chi connectivity index (χ2v) is 1.67. The van der Waals surface area contributed by atoms with Gasteiger partial charge in [0.25, 0.3) is 0 Å². The number of aldehydes is 1. The molecule has 0 heterocycles. The summed E-state index contributed by atoms with van der Waals surface area (Å²) in [4.78, 5) is 9.59. The lowest BCUT2D eigenvalue weighted by molar-refractivity contribution is -0.104. The van der Waals surface area contributed by atoms with Gasteiger partial charge in [0.15, 0.2) is 0 Å². The first-order valence-electron chi connectivity index (χ1n) is 3.54. The number of hydrogen-bond acceptors (Lipinski definition) is 2. The van der Waals surface area contributed by atoms with Crippen LogP contribution in [-0.2, 0) is 4.79 Å². The molecule has 1 N–H and O–H groups in total. The van der Waals surface area contributed by atoms with Crippen molar-refractivity contribution in [3.63, 3.8) is 0 Å². The van der Waals surface area contributed by atoms with E-state index in [2.05, 4.69) is 6.92 Å². The Morgan fingerprint density at radius 3 is 2.20 bits per heavy atom. The maximum Gasteiger partial charge on any atom is 0.142 e. The van der Waals surface area contributed by atoms with Gasteiger partial charge in [-0.15, -0.1) is 0 Å². The third-order valence-corrected chi connectivity index (χ3v) is 0.670. The van der Waals surface area contributed by atoms with E-state index in [9.17, 15) is 4.79 Å². The number of hydrogen-bond donors (Lipinski definition) is 1. The predicted molar refractivity (Wildman–Crippen MR) is 42.9 cm³/mol. The maximum atomic E-state index is 9.59. The first-order chi connectivity index (χ1) is 4.83. The van der Waals surface area contributed by atoms with Gasteiger partial charge in [0.1, 0.15) is 6.29 Å². The second kappa shape index (κ2) is 15.8. The summed E-state index contributed by atoms with van der Waals surface area (Å²) >= 11 is 0. The van der Waals surface area contributed by atoms with E-state index in [0.29, 0.717) is 0 Å². The lowest BCUT2D eigenvalue weighted by Gasteiger charge is -1.76. The highest BCUT2D eigenvalue weighted by molar-refractivity contribution is 5.64. The van der Waals surface area contributed by atoms with E-state index in [0.717, 1.165) is 19.1 Å². The van der Waals surface area contributed by atoms with Crippen molar-refractivity contribution in [1.82, 2.24) is 0 Å². The third-order valence-electron chi connectivity index (χ3n) is 0.670. The van der Waals surface area contributed by atoms with Gasteiger partial charge in [-0.05, 0) is 19.4 Å². The molecule has 0 bridgehead atoms. The molecule has 60 valence electrons. The summed E-state index contributed by atoms with van der Waals surface area (Å²) in [5, 5.41) is 7.57. The fraction of sp³-hybridized carbons (Fsp3) is 0.625. The Kier molecular flexibility index (Phi) is 19.1. The van der Waals surface area contributed by atoms with Gasteiger partial charge in [-0.1, -0.05) is 19.4 Å². The second-order valence-electron chi connectivity index (χ2n) is 1.67. The summed E-state index contributed by atoms with van der Waals surface area (Å²) in [7, 11) is 0. The minimum absolute atomic E-state index is 0.250. The number of carbonyl (C=O) groups excluding carboxylic acids is 1. The van der Waals surface area contributed by atoms with Crippen LogP contribution in [0.4, 0.5) is 0 Å². The van der Waals surface area contributed by atoms with Crippen LogP contribution in [0.1, 0.15) is 26.7 Å². The summed E-state index contributed by atoms with van der Waals surface area (Å²) in [6, 6.07) is 0. The smallest absolute Gasteiger partial charge is 0.142 e. The molecule has 2 heteroatoms. The number of carbonyl (C=O) groups is 1. The van der Waals surface area contributed by atoms with Crippen molar-refractivity contribution in [2.45, 2.75) is 26.7 Å². The average Bonchev–Trinajstić information content (AvgIpc) is 1.91. The van der Waals surface area contributed by atoms with E-state index < -0.39 is 0 Å². The van der Waals surface area contributed by atoms with Crippen LogP contribution < -0.4 is 0 Å². The zero-order valence-corrected chi connectivity index (χ0v) is 6.71. The standard InChI is InChI=1S/C6H10O.C2H6O/c1-2-3-4-5-6-7;1-2-3/h4-6H,2-3H2,1H3;3H,2H2,1H3/b5-4+;. The molecule has 0 aliphatic heterocycles. The Hall–Kier alpha value is -0.630. The highest BCUT2D eigenvalue weighted by atomic mass is 16.2. The molecule has 0 spiro atoms. The summed E-state index contributed by atoms with van der Waals surface area (Å²) in [6.45, 7) is 4.01. The Morgan fingerprint density at radius 1 is 1.40 bits per heavy atom. The molecule has 2 nitrogen and oxygen atoms in total. The van der Waals surface area contributed by atoms with Crippen molar-refractivity contribution in [2.24, 2.45) is 0 Å². The molecule has 0 aromatic heterocycles. The molecule has 0 aromatic carbocycles. The molecule has 0 aliphatic rings. The van der Waals surface area contributed by atoms with Gasteiger partial charge < -0.3 is 5.11 Å². The van der Waals surface area contributed by atoms with Gasteiger partial charge in [0.2, 0.25) is 0 Å². The molecule has 0 aromatic rings. The summed E-state index contributed by atoms with van der Waals surface area (Å²) in [5.41, 5.74) is 0. The van der Waals surface area contributed by atoms with E-state index in [1.165, 1.54) is 6.08 Å². The minimum Gasteiger partial charge on any atom is -0.397 e. The molecule has 0 atom stereocenters. The summed E-state index contributed by atoms with van der Waals surface area (Å²) in [6.07, 6.45) is 6.33. The first-order valence-corrected chi connectivity index (χ1v) is 3.54. The summed E-state index contributed by atoms with van der Waals surface area (Å²) in [5.74, 6) is 0. The quantitative estimate of drug-likeness (QED) is 0.482. The minimum atomic E-state index is 0.250. The van der Waals surface area contributed by atoms with Crippen LogP contribution in [0.3, 0.4) is 0 Å².